The Kier molecular flexibility index (Phi) is 5.46. The predicted octanol–water partition coefficient (Wildman–Crippen LogP) is 4.15. The van der Waals surface area contributed by atoms with Crippen LogP contribution in [0.3, 0.4) is 0 Å². The first-order valence-electron chi connectivity index (χ1n) is 8.64. The molecule has 0 atom stereocenters. The Balaban J connectivity index is 2.09. The molecule has 9 heteroatoms. The average molecular weight is 415 g/mol. The largest absolute Gasteiger partial charge is 0.491 e. The molecule has 3 aromatic carbocycles. The Hall–Kier alpha value is -3.88. The van der Waals surface area contributed by atoms with Gasteiger partial charge < -0.3 is 15.8 Å². The molecule has 0 saturated heterocycles. The van der Waals surface area contributed by atoms with Crippen LogP contribution in [0.15, 0.2) is 54.6 Å². The summed E-state index contributed by atoms with van der Waals surface area (Å²) in [7, 11) is 0. The van der Waals surface area contributed by atoms with Crippen molar-refractivity contribution in [1.29, 1.82) is 5.41 Å². The number of halogens is 3. The molecule has 0 aromatic heterocycles. The maximum Gasteiger partial charge on any atom is 0.491 e. The van der Waals surface area contributed by atoms with Crippen LogP contribution in [0.2, 0.25) is 0 Å². The van der Waals surface area contributed by atoms with Crippen LogP contribution in [0.25, 0.3) is 10.8 Å². The molecule has 1 amide bonds. The Labute approximate surface area is 169 Å². The van der Waals surface area contributed by atoms with E-state index in [0.29, 0.717) is 16.6 Å². The number of nitrogens with two attached hydrogens (primary N) is 1. The Bertz CT molecular complexity index is 1160. The SMILES string of the molecule is Cc1ccc(NC(=O)c2ccc3cc(C(=N)N)ccc3c2OC(=O)C(F)(F)F)cc1. The molecule has 0 unspecified atom stereocenters. The maximum atomic E-state index is 12.8. The van der Waals surface area contributed by atoms with Gasteiger partial charge >= 0.3 is 12.1 Å². The number of benzene rings is 3. The topological polar surface area (TPSA) is 105 Å². The number of hydrogen-bond acceptors (Lipinski definition) is 4. The molecule has 0 aliphatic carbocycles. The minimum absolute atomic E-state index is 0.0918. The molecule has 4 N–H and O–H groups in total. The second-order valence-corrected chi connectivity index (χ2v) is 6.50. The van der Waals surface area contributed by atoms with E-state index in [0.717, 1.165) is 5.56 Å². The van der Waals surface area contributed by atoms with Crippen molar-refractivity contribution in [1.82, 2.24) is 0 Å². The van der Waals surface area contributed by atoms with Gasteiger partial charge in [-0.25, -0.2) is 4.79 Å². The van der Waals surface area contributed by atoms with Crippen LogP contribution in [0.4, 0.5) is 18.9 Å². The molecule has 3 aromatic rings. The van der Waals surface area contributed by atoms with Gasteiger partial charge in [-0.3, -0.25) is 10.2 Å². The smallest absolute Gasteiger partial charge is 0.418 e. The van der Waals surface area contributed by atoms with Gasteiger partial charge in [-0.1, -0.05) is 29.8 Å². The van der Waals surface area contributed by atoms with E-state index < -0.39 is 23.8 Å². The first-order valence-corrected chi connectivity index (χ1v) is 8.64. The number of amides is 1. The van der Waals surface area contributed by atoms with Crippen molar-refractivity contribution in [3.8, 4) is 5.75 Å². The number of anilines is 1. The predicted molar refractivity (Wildman–Crippen MR) is 106 cm³/mol. The number of amidine groups is 1. The molecule has 3 rings (SSSR count). The number of alkyl halides is 3. The summed E-state index contributed by atoms with van der Waals surface area (Å²) in [6.07, 6.45) is -5.24. The molecular weight excluding hydrogens is 399 g/mol. The minimum Gasteiger partial charge on any atom is -0.418 e. The molecule has 30 heavy (non-hydrogen) atoms. The zero-order valence-electron chi connectivity index (χ0n) is 15.6. The zero-order valence-corrected chi connectivity index (χ0v) is 15.6. The minimum atomic E-state index is -5.24. The Morgan fingerprint density at radius 3 is 2.30 bits per heavy atom. The maximum absolute atomic E-state index is 12.8. The summed E-state index contributed by atoms with van der Waals surface area (Å²) >= 11 is 0. The van der Waals surface area contributed by atoms with Crippen molar-refractivity contribution in [2.24, 2.45) is 5.73 Å². The van der Waals surface area contributed by atoms with Gasteiger partial charge in [-0.05, 0) is 42.6 Å². The highest BCUT2D eigenvalue weighted by Gasteiger charge is 2.42. The summed E-state index contributed by atoms with van der Waals surface area (Å²) < 4.78 is 43.0. The summed E-state index contributed by atoms with van der Waals surface area (Å²) in [5.41, 5.74) is 6.89. The third-order valence-corrected chi connectivity index (χ3v) is 4.26. The number of nitrogens with one attached hydrogen (secondary N) is 2. The van der Waals surface area contributed by atoms with E-state index in [-0.39, 0.29) is 16.8 Å². The molecule has 6 nitrogen and oxygen atoms in total. The Morgan fingerprint density at radius 1 is 1.03 bits per heavy atom. The first-order chi connectivity index (χ1) is 14.1. The van der Waals surface area contributed by atoms with Crippen LogP contribution in [-0.4, -0.2) is 23.9 Å². The molecule has 0 bridgehead atoms. The summed E-state index contributed by atoms with van der Waals surface area (Å²) in [4.78, 5) is 24.2. The van der Waals surface area contributed by atoms with Gasteiger partial charge in [0.1, 0.15) is 5.84 Å². The molecule has 0 fully saturated rings. The van der Waals surface area contributed by atoms with Crippen LogP contribution >= 0.6 is 0 Å². The lowest BCUT2D eigenvalue weighted by Gasteiger charge is -2.15. The number of hydrogen-bond donors (Lipinski definition) is 3. The first kappa shape index (κ1) is 20.8. The lowest BCUT2D eigenvalue weighted by molar-refractivity contribution is -0.189. The lowest BCUT2D eigenvalue weighted by Crippen LogP contribution is -2.29. The van der Waals surface area contributed by atoms with E-state index >= 15 is 0 Å². The lowest BCUT2D eigenvalue weighted by atomic mass is 10.0. The fourth-order valence-corrected chi connectivity index (χ4v) is 2.74. The van der Waals surface area contributed by atoms with Gasteiger partial charge in [-0.2, -0.15) is 13.2 Å². The number of carbonyl (C=O) groups is 2. The quantitative estimate of drug-likeness (QED) is 0.258. The van der Waals surface area contributed by atoms with E-state index in [1.54, 1.807) is 24.3 Å². The zero-order chi connectivity index (χ0) is 22.1. The Morgan fingerprint density at radius 2 is 1.70 bits per heavy atom. The average Bonchev–Trinajstić information content (AvgIpc) is 2.68. The molecule has 0 aliphatic rings. The molecular formula is C21H16F3N3O3. The van der Waals surface area contributed by atoms with Crippen molar-refractivity contribution < 1.29 is 27.5 Å². The van der Waals surface area contributed by atoms with Crippen molar-refractivity contribution >= 4 is 34.2 Å². The molecule has 0 spiro atoms. The van der Waals surface area contributed by atoms with E-state index in [9.17, 15) is 22.8 Å². The van der Waals surface area contributed by atoms with Gasteiger partial charge in [0, 0.05) is 16.6 Å². The highest BCUT2D eigenvalue weighted by atomic mass is 19.4. The van der Waals surface area contributed by atoms with Crippen LogP contribution in [0, 0.1) is 12.3 Å². The summed E-state index contributed by atoms with van der Waals surface area (Å²) in [6, 6.07) is 13.7. The summed E-state index contributed by atoms with van der Waals surface area (Å²) in [5, 5.41) is 10.5. The molecule has 0 saturated carbocycles. The van der Waals surface area contributed by atoms with Crippen LogP contribution in [0.5, 0.6) is 5.75 Å². The van der Waals surface area contributed by atoms with Gasteiger partial charge in [0.25, 0.3) is 5.91 Å². The highest BCUT2D eigenvalue weighted by molar-refractivity contribution is 6.11. The second-order valence-electron chi connectivity index (χ2n) is 6.50. The molecule has 0 heterocycles. The summed E-state index contributed by atoms with van der Waals surface area (Å²) in [6.45, 7) is 1.86. The number of esters is 1. The number of fused-ring (bicyclic) bond motifs is 1. The fraction of sp³-hybridized carbons (Fsp3) is 0.0952. The van der Waals surface area contributed by atoms with Crippen LogP contribution < -0.4 is 15.8 Å². The van der Waals surface area contributed by atoms with Gasteiger partial charge in [-0.15, -0.1) is 0 Å². The van der Waals surface area contributed by atoms with Crippen molar-refractivity contribution in [2.45, 2.75) is 13.1 Å². The van der Waals surface area contributed by atoms with E-state index in [2.05, 4.69) is 10.1 Å². The number of aryl methyl sites for hydroxylation is 1. The van der Waals surface area contributed by atoms with E-state index in [4.69, 9.17) is 11.1 Å². The van der Waals surface area contributed by atoms with Crippen molar-refractivity contribution in [2.75, 3.05) is 5.32 Å². The van der Waals surface area contributed by atoms with Crippen molar-refractivity contribution in [3.63, 3.8) is 0 Å². The third kappa shape index (κ3) is 4.40. The monoisotopic (exact) mass is 415 g/mol. The fourth-order valence-electron chi connectivity index (χ4n) is 2.74. The third-order valence-electron chi connectivity index (χ3n) is 4.26. The standard InChI is InChI=1S/C21H16F3N3O3/c1-11-2-6-14(7-3-11)27-19(28)16-9-4-12-10-13(18(25)26)5-8-15(12)17(16)30-20(29)21(22,23)24/h2-10H,1H3,(H3,25,26)(H,27,28). The normalized spacial score (nSPS) is 11.2. The second kappa shape index (κ2) is 7.86. The number of rotatable bonds is 4. The molecule has 0 radical (unpaired) electrons. The highest BCUT2D eigenvalue weighted by Crippen LogP contribution is 2.33. The van der Waals surface area contributed by atoms with Gasteiger partial charge in [0.2, 0.25) is 0 Å². The number of ether oxygens (including phenoxy) is 1. The van der Waals surface area contributed by atoms with Crippen LogP contribution in [0.1, 0.15) is 21.5 Å². The van der Waals surface area contributed by atoms with E-state index in [1.807, 2.05) is 6.92 Å². The van der Waals surface area contributed by atoms with E-state index in [1.165, 1.54) is 30.3 Å². The number of nitrogen functional groups attached to an aromatic ring is 1. The van der Waals surface area contributed by atoms with Gasteiger partial charge in [0.15, 0.2) is 5.75 Å². The molecule has 0 aliphatic heterocycles. The van der Waals surface area contributed by atoms with Crippen molar-refractivity contribution in [3.05, 3.63) is 71.3 Å². The molecule has 154 valence electrons. The van der Waals surface area contributed by atoms with Gasteiger partial charge in [0.05, 0.1) is 5.56 Å². The van der Waals surface area contributed by atoms with Crippen LogP contribution in [-0.2, 0) is 4.79 Å². The number of carbonyl (C=O) groups excluding carboxylic acids is 2. The summed E-state index contributed by atoms with van der Waals surface area (Å²) in [5.74, 6) is -3.97.